The molecule has 16 heavy (non-hydrogen) atoms. The molecule has 98 valence electrons. The van der Waals surface area contributed by atoms with Crippen LogP contribution in [0.25, 0.3) is 0 Å². The Kier molecular flexibility index (Phi) is 10.0. The average Bonchev–Trinajstić information content (AvgIpc) is 2.29. The molecule has 0 aliphatic heterocycles. The summed E-state index contributed by atoms with van der Waals surface area (Å²) >= 11 is 0. The molecule has 0 aliphatic rings. The average molecular weight is 229 g/mol. The zero-order chi connectivity index (χ0) is 12.4. The molecule has 0 radical (unpaired) electrons. The Balaban J connectivity index is 3.71. The first-order valence-corrected chi connectivity index (χ1v) is 6.98. The van der Waals surface area contributed by atoms with Crippen LogP contribution in [-0.4, -0.2) is 29.8 Å². The lowest BCUT2D eigenvalue weighted by Gasteiger charge is -2.30. The van der Waals surface area contributed by atoms with E-state index < -0.39 is 0 Å². The minimum absolute atomic E-state index is 0.179. The Labute approximate surface area is 102 Å². The van der Waals surface area contributed by atoms with Gasteiger partial charge in [-0.2, -0.15) is 0 Å². The van der Waals surface area contributed by atoms with Crippen molar-refractivity contribution in [3.05, 3.63) is 0 Å². The summed E-state index contributed by atoms with van der Waals surface area (Å²) in [6, 6.07) is 0.538. The van der Waals surface area contributed by atoms with Gasteiger partial charge in [0.1, 0.15) is 0 Å². The fourth-order valence-electron chi connectivity index (χ4n) is 2.52. The Morgan fingerprint density at radius 3 is 2.19 bits per heavy atom. The van der Waals surface area contributed by atoms with Gasteiger partial charge in [-0.1, -0.05) is 52.9 Å². The molecule has 0 aromatic carbocycles. The van der Waals surface area contributed by atoms with E-state index in [9.17, 15) is 0 Å². The molecule has 0 saturated carbocycles. The minimum Gasteiger partial charge on any atom is -0.381 e. The highest BCUT2D eigenvalue weighted by atomic mass is 16.3. The molecule has 0 spiro atoms. The summed E-state index contributed by atoms with van der Waals surface area (Å²) in [6.45, 7) is 6.97. The van der Waals surface area contributed by atoms with Gasteiger partial charge in [-0.3, -0.25) is 4.90 Å². The van der Waals surface area contributed by atoms with Gasteiger partial charge in [0.25, 0.3) is 0 Å². The summed E-state index contributed by atoms with van der Waals surface area (Å²) in [6.07, 6.45) is 9.23. The van der Waals surface area contributed by atoms with Crippen molar-refractivity contribution >= 4 is 0 Å². The highest BCUT2D eigenvalue weighted by Gasteiger charge is 2.18. The summed E-state index contributed by atoms with van der Waals surface area (Å²) in [5.74, 6) is 0.698. The molecule has 0 bridgehead atoms. The van der Waals surface area contributed by atoms with Crippen LogP contribution in [0.4, 0.5) is 0 Å². The van der Waals surface area contributed by atoms with E-state index in [-0.39, 0.29) is 6.73 Å². The maximum Gasteiger partial charge on any atom is 0.0956 e. The number of aliphatic hydroxyl groups excluding tert-OH is 1. The first-order chi connectivity index (χ1) is 7.67. The second-order valence-corrected chi connectivity index (χ2v) is 5.05. The van der Waals surface area contributed by atoms with Gasteiger partial charge in [0.15, 0.2) is 0 Å². The van der Waals surface area contributed by atoms with Crippen LogP contribution < -0.4 is 0 Å². The molecule has 0 amide bonds. The predicted octanol–water partition coefficient (Wildman–Crippen LogP) is 3.64. The Morgan fingerprint density at radius 2 is 1.69 bits per heavy atom. The highest BCUT2D eigenvalue weighted by Crippen LogP contribution is 2.19. The standard InChI is InChI=1S/C14H31NO/c1-5-7-8-9-10-11-13(3)14(6-2)15(4)12-16/h13-14,16H,5-12H2,1-4H3. The highest BCUT2D eigenvalue weighted by molar-refractivity contribution is 4.72. The van der Waals surface area contributed by atoms with Crippen molar-refractivity contribution in [2.24, 2.45) is 5.92 Å². The number of aliphatic hydroxyl groups is 1. The zero-order valence-electron chi connectivity index (χ0n) is 11.7. The van der Waals surface area contributed by atoms with Crippen LogP contribution in [0.5, 0.6) is 0 Å². The molecule has 0 fully saturated rings. The minimum atomic E-state index is 0.179. The summed E-state index contributed by atoms with van der Waals surface area (Å²) in [7, 11) is 2.02. The Hall–Kier alpha value is -0.0800. The van der Waals surface area contributed by atoms with E-state index in [1.54, 1.807) is 0 Å². The smallest absolute Gasteiger partial charge is 0.0956 e. The number of rotatable bonds is 10. The van der Waals surface area contributed by atoms with Crippen LogP contribution in [0.2, 0.25) is 0 Å². The number of hydrogen-bond donors (Lipinski definition) is 1. The lowest BCUT2D eigenvalue weighted by atomic mass is 9.92. The van der Waals surface area contributed by atoms with E-state index in [1.165, 1.54) is 38.5 Å². The molecule has 1 N–H and O–H groups in total. The molecule has 0 heterocycles. The van der Waals surface area contributed by atoms with Crippen molar-refractivity contribution in [2.75, 3.05) is 13.8 Å². The Bertz CT molecular complexity index is 150. The van der Waals surface area contributed by atoms with E-state index in [4.69, 9.17) is 5.11 Å². The maximum atomic E-state index is 9.15. The number of nitrogens with zero attached hydrogens (tertiary/aromatic N) is 1. The van der Waals surface area contributed by atoms with E-state index in [0.717, 1.165) is 6.42 Å². The third kappa shape index (κ3) is 6.49. The fourth-order valence-corrected chi connectivity index (χ4v) is 2.52. The third-order valence-electron chi connectivity index (χ3n) is 3.63. The van der Waals surface area contributed by atoms with Crippen LogP contribution >= 0.6 is 0 Å². The first kappa shape index (κ1) is 15.9. The summed E-state index contributed by atoms with van der Waals surface area (Å²) in [5, 5.41) is 9.15. The van der Waals surface area contributed by atoms with Crippen LogP contribution in [0.15, 0.2) is 0 Å². The molecule has 2 unspecified atom stereocenters. The van der Waals surface area contributed by atoms with Crippen molar-refractivity contribution < 1.29 is 5.11 Å². The van der Waals surface area contributed by atoms with Crippen LogP contribution in [0.1, 0.15) is 65.7 Å². The van der Waals surface area contributed by atoms with Gasteiger partial charge < -0.3 is 5.11 Å². The molecule has 0 aromatic heterocycles. The molecule has 0 aliphatic carbocycles. The predicted molar refractivity (Wildman–Crippen MR) is 71.5 cm³/mol. The van der Waals surface area contributed by atoms with Gasteiger partial charge in [-0.15, -0.1) is 0 Å². The largest absolute Gasteiger partial charge is 0.381 e. The van der Waals surface area contributed by atoms with Crippen molar-refractivity contribution in [2.45, 2.75) is 71.8 Å². The van der Waals surface area contributed by atoms with E-state index in [0.29, 0.717) is 12.0 Å². The summed E-state index contributed by atoms with van der Waals surface area (Å²) in [4.78, 5) is 2.07. The van der Waals surface area contributed by atoms with Crippen molar-refractivity contribution in [1.29, 1.82) is 0 Å². The van der Waals surface area contributed by atoms with Gasteiger partial charge in [0, 0.05) is 6.04 Å². The van der Waals surface area contributed by atoms with Crippen LogP contribution in [0, 0.1) is 5.92 Å². The molecule has 0 rings (SSSR count). The SMILES string of the molecule is CCCCCCCC(C)C(CC)N(C)CO. The lowest BCUT2D eigenvalue weighted by molar-refractivity contribution is 0.0645. The van der Waals surface area contributed by atoms with E-state index >= 15 is 0 Å². The fraction of sp³-hybridized carbons (Fsp3) is 1.00. The molecular weight excluding hydrogens is 198 g/mol. The lowest BCUT2D eigenvalue weighted by Crippen LogP contribution is -2.37. The summed E-state index contributed by atoms with van der Waals surface area (Å²) in [5.41, 5.74) is 0. The monoisotopic (exact) mass is 229 g/mol. The number of hydrogen-bond acceptors (Lipinski definition) is 2. The maximum absolute atomic E-state index is 9.15. The first-order valence-electron chi connectivity index (χ1n) is 6.98. The normalized spacial score (nSPS) is 15.4. The van der Waals surface area contributed by atoms with Gasteiger partial charge in [0.2, 0.25) is 0 Å². The van der Waals surface area contributed by atoms with Crippen LogP contribution in [-0.2, 0) is 0 Å². The zero-order valence-corrected chi connectivity index (χ0v) is 11.7. The second kappa shape index (κ2) is 10.1. The van der Waals surface area contributed by atoms with Gasteiger partial charge in [0.05, 0.1) is 6.73 Å². The quantitative estimate of drug-likeness (QED) is 0.456. The van der Waals surface area contributed by atoms with Crippen molar-refractivity contribution in [1.82, 2.24) is 4.90 Å². The molecule has 2 heteroatoms. The number of unbranched alkanes of at least 4 members (excludes halogenated alkanes) is 4. The third-order valence-corrected chi connectivity index (χ3v) is 3.63. The Morgan fingerprint density at radius 1 is 1.06 bits per heavy atom. The topological polar surface area (TPSA) is 23.5 Å². The van der Waals surface area contributed by atoms with Crippen LogP contribution in [0.3, 0.4) is 0 Å². The second-order valence-electron chi connectivity index (χ2n) is 5.05. The van der Waals surface area contributed by atoms with E-state index in [1.807, 2.05) is 7.05 Å². The molecule has 0 saturated heterocycles. The van der Waals surface area contributed by atoms with Gasteiger partial charge in [-0.05, 0) is 25.8 Å². The van der Waals surface area contributed by atoms with Crippen molar-refractivity contribution in [3.8, 4) is 0 Å². The van der Waals surface area contributed by atoms with E-state index in [2.05, 4.69) is 25.7 Å². The van der Waals surface area contributed by atoms with Crippen molar-refractivity contribution in [3.63, 3.8) is 0 Å². The molecule has 2 atom stereocenters. The molecule has 2 nitrogen and oxygen atoms in total. The van der Waals surface area contributed by atoms with Gasteiger partial charge in [-0.25, -0.2) is 0 Å². The molecular formula is C14H31NO. The summed E-state index contributed by atoms with van der Waals surface area (Å²) < 4.78 is 0. The molecule has 0 aromatic rings. The van der Waals surface area contributed by atoms with Gasteiger partial charge >= 0.3 is 0 Å².